The standard InChI is InChI=1S/C15H26O2/c1-10-7-12(16)9-15(4)6-5-11(8-13(10)15)14(2,3)17/h11-13,16-17H,1,5-9H2,2-4H3. The minimum Gasteiger partial charge on any atom is -0.393 e. The molecule has 0 spiro atoms. The Morgan fingerprint density at radius 3 is 2.65 bits per heavy atom. The highest BCUT2D eigenvalue weighted by atomic mass is 16.3. The first kappa shape index (κ1) is 13.1. The monoisotopic (exact) mass is 238 g/mol. The lowest BCUT2D eigenvalue weighted by molar-refractivity contribution is -0.0565. The van der Waals surface area contributed by atoms with Crippen molar-refractivity contribution >= 4 is 0 Å². The van der Waals surface area contributed by atoms with E-state index in [4.69, 9.17) is 0 Å². The second-order valence-electron chi connectivity index (χ2n) is 7.05. The number of aliphatic hydroxyl groups is 2. The largest absolute Gasteiger partial charge is 0.393 e. The van der Waals surface area contributed by atoms with Crippen LogP contribution in [0.5, 0.6) is 0 Å². The van der Waals surface area contributed by atoms with Gasteiger partial charge >= 0.3 is 0 Å². The zero-order valence-corrected chi connectivity index (χ0v) is 11.4. The van der Waals surface area contributed by atoms with Crippen LogP contribution < -0.4 is 0 Å². The number of rotatable bonds is 1. The van der Waals surface area contributed by atoms with Crippen LogP contribution in [-0.2, 0) is 0 Å². The average molecular weight is 238 g/mol. The molecule has 2 aliphatic carbocycles. The topological polar surface area (TPSA) is 40.5 Å². The Labute approximate surface area is 105 Å². The third-order valence-corrected chi connectivity index (χ3v) is 5.12. The fourth-order valence-electron chi connectivity index (χ4n) is 3.97. The van der Waals surface area contributed by atoms with Gasteiger partial charge in [-0.25, -0.2) is 0 Å². The van der Waals surface area contributed by atoms with Gasteiger partial charge in [0.2, 0.25) is 0 Å². The highest BCUT2D eigenvalue weighted by Crippen LogP contribution is 2.54. The van der Waals surface area contributed by atoms with Crippen LogP contribution in [0.2, 0.25) is 0 Å². The molecule has 4 atom stereocenters. The molecule has 0 bridgehead atoms. The van der Waals surface area contributed by atoms with Gasteiger partial charge in [0.1, 0.15) is 0 Å². The van der Waals surface area contributed by atoms with E-state index in [1.807, 2.05) is 13.8 Å². The van der Waals surface area contributed by atoms with Gasteiger partial charge in [-0.2, -0.15) is 0 Å². The van der Waals surface area contributed by atoms with Gasteiger partial charge in [-0.15, -0.1) is 0 Å². The van der Waals surface area contributed by atoms with E-state index in [0.29, 0.717) is 11.8 Å². The predicted octanol–water partition coefficient (Wildman–Crippen LogP) is 2.89. The maximum absolute atomic E-state index is 10.2. The zero-order valence-electron chi connectivity index (χ0n) is 11.4. The molecule has 4 unspecified atom stereocenters. The van der Waals surface area contributed by atoms with Crippen LogP contribution in [0.1, 0.15) is 52.9 Å². The van der Waals surface area contributed by atoms with Crippen LogP contribution in [-0.4, -0.2) is 21.9 Å². The van der Waals surface area contributed by atoms with Gasteiger partial charge in [0, 0.05) is 0 Å². The molecule has 98 valence electrons. The summed E-state index contributed by atoms with van der Waals surface area (Å²) in [4.78, 5) is 0. The molecule has 0 aromatic rings. The minimum absolute atomic E-state index is 0.205. The van der Waals surface area contributed by atoms with Crippen LogP contribution in [0.25, 0.3) is 0 Å². The lowest BCUT2D eigenvalue weighted by atomic mass is 9.55. The summed E-state index contributed by atoms with van der Waals surface area (Å²) >= 11 is 0. The van der Waals surface area contributed by atoms with Gasteiger partial charge in [0.15, 0.2) is 0 Å². The molecule has 2 saturated carbocycles. The molecule has 17 heavy (non-hydrogen) atoms. The number of fused-ring (bicyclic) bond motifs is 1. The Kier molecular flexibility index (Phi) is 3.16. The summed E-state index contributed by atoms with van der Waals surface area (Å²) in [7, 11) is 0. The number of hydrogen-bond donors (Lipinski definition) is 2. The van der Waals surface area contributed by atoms with E-state index in [9.17, 15) is 10.2 Å². The number of hydrogen-bond acceptors (Lipinski definition) is 2. The van der Waals surface area contributed by atoms with Gasteiger partial charge in [-0.1, -0.05) is 19.1 Å². The van der Waals surface area contributed by atoms with Crippen LogP contribution in [0.15, 0.2) is 12.2 Å². The van der Waals surface area contributed by atoms with Gasteiger partial charge in [0.25, 0.3) is 0 Å². The minimum atomic E-state index is -0.586. The van der Waals surface area contributed by atoms with Crippen molar-refractivity contribution in [3.8, 4) is 0 Å². The molecule has 2 N–H and O–H groups in total. The summed E-state index contributed by atoms with van der Waals surface area (Å²) < 4.78 is 0. The van der Waals surface area contributed by atoms with Gasteiger partial charge in [-0.3, -0.25) is 0 Å². The lowest BCUT2D eigenvalue weighted by Crippen LogP contribution is -2.46. The van der Waals surface area contributed by atoms with E-state index < -0.39 is 5.60 Å². The van der Waals surface area contributed by atoms with E-state index in [0.717, 1.165) is 32.1 Å². The predicted molar refractivity (Wildman–Crippen MR) is 69.6 cm³/mol. The van der Waals surface area contributed by atoms with Crippen molar-refractivity contribution in [2.75, 3.05) is 0 Å². The Balaban J connectivity index is 2.17. The molecule has 0 radical (unpaired) electrons. The van der Waals surface area contributed by atoms with E-state index in [1.54, 1.807) is 0 Å². The molecule has 0 aromatic heterocycles. The van der Waals surface area contributed by atoms with Crippen LogP contribution in [0, 0.1) is 17.3 Å². The normalized spacial score (nSPS) is 43.4. The summed E-state index contributed by atoms with van der Waals surface area (Å²) in [6.07, 6.45) is 4.64. The van der Waals surface area contributed by atoms with Gasteiger partial charge in [0.05, 0.1) is 11.7 Å². The van der Waals surface area contributed by atoms with Crippen LogP contribution >= 0.6 is 0 Å². The molecule has 0 amide bonds. The first-order valence-corrected chi connectivity index (χ1v) is 6.80. The molecule has 0 saturated heterocycles. The fourth-order valence-corrected chi connectivity index (χ4v) is 3.97. The highest BCUT2D eigenvalue weighted by molar-refractivity contribution is 5.15. The molecule has 2 aliphatic rings. The SMILES string of the molecule is C=C1CC(O)CC2(C)CCC(C(C)(C)O)CC12. The van der Waals surface area contributed by atoms with Crippen molar-refractivity contribution in [1.29, 1.82) is 0 Å². The lowest BCUT2D eigenvalue weighted by Gasteiger charge is -2.51. The van der Waals surface area contributed by atoms with E-state index >= 15 is 0 Å². The van der Waals surface area contributed by atoms with Crippen molar-refractivity contribution in [2.45, 2.75) is 64.6 Å². The molecular weight excluding hydrogens is 212 g/mol. The van der Waals surface area contributed by atoms with Gasteiger partial charge < -0.3 is 10.2 Å². The van der Waals surface area contributed by atoms with Crippen LogP contribution in [0.3, 0.4) is 0 Å². The summed E-state index contributed by atoms with van der Waals surface area (Å²) in [5.74, 6) is 0.851. The van der Waals surface area contributed by atoms with E-state index in [2.05, 4.69) is 13.5 Å². The molecule has 0 aromatic carbocycles. The third kappa shape index (κ3) is 2.43. The fraction of sp³-hybridized carbons (Fsp3) is 0.867. The maximum Gasteiger partial charge on any atom is 0.0620 e. The maximum atomic E-state index is 10.2. The quantitative estimate of drug-likeness (QED) is 0.690. The molecular formula is C15H26O2. The Hall–Kier alpha value is -0.340. The van der Waals surface area contributed by atoms with Crippen molar-refractivity contribution in [2.24, 2.45) is 17.3 Å². The second kappa shape index (κ2) is 4.10. The Morgan fingerprint density at radius 2 is 2.06 bits per heavy atom. The first-order chi connectivity index (χ1) is 7.72. The molecule has 2 rings (SSSR count). The smallest absolute Gasteiger partial charge is 0.0620 e. The zero-order chi connectivity index (χ0) is 12.8. The summed E-state index contributed by atoms with van der Waals surface area (Å²) in [5.41, 5.74) is 0.814. The highest BCUT2D eigenvalue weighted by Gasteiger charge is 2.47. The Bertz CT molecular complexity index is 315. The van der Waals surface area contributed by atoms with Crippen molar-refractivity contribution in [3.05, 3.63) is 12.2 Å². The van der Waals surface area contributed by atoms with Crippen molar-refractivity contribution in [3.63, 3.8) is 0 Å². The molecule has 2 heteroatoms. The number of aliphatic hydroxyl groups excluding tert-OH is 1. The first-order valence-electron chi connectivity index (χ1n) is 6.80. The second-order valence-corrected chi connectivity index (χ2v) is 7.05. The molecule has 0 aliphatic heterocycles. The van der Waals surface area contributed by atoms with Crippen molar-refractivity contribution in [1.82, 2.24) is 0 Å². The van der Waals surface area contributed by atoms with E-state index in [-0.39, 0.29) is 11.5 Å². The summed E-state index contributed by atoms with van der Waals surface area (Å²) in [6.45, 7) is 10.3. The van der Waals surface area contributed by atoms with Gasteiger partial charge in [-0.05, 0) is 63.2 Å². The average Bonchev–Trinajstić information content (AvgIpc) is 2.13. The molecule has 2 fully saturated rings. The Morgan fingerprint density at radius 1 is 1.41 bits per heavy atom. The van der Waals surface area contributed by atoms with E-state index in [1.165, 1.54) is 5.57 Å². The molecule has 2 nitrogen and oxygen atoms in total. The van der Waals surface area contributed by atoms with Crippen molar-refractivity contribution < 1.29 is 10.2 Å². The summed E-state index contributed by atoms with van der Waals surface area (Å²) in [6, 6.07) is 0. The summed E-state index contributed by atoms with van der Waals surface area (Å²) in [5, 5.41) is 20.1. The third-order valence-electron chi connectivity index (χ3n) is 5.12. The van der Waals surface area contributed by atoms with Crippen LogP contribution in [0.4, 0.5) is 0 Å². The molecule has 0 heterocycles.